The molecule has 1 N–H and O–H groups in total. The predicted molar refractivity (Wildman–Crippen MR) is 99.8 cm³/mol. The molecule has 7 nitrogen and oxygen atoms in total. The molecular formula is C18H17N3O4S. The van der Waals surface area contributed by atoms with Crippen LogP contribution in [0.2, 0.25) is 0 Å². The van der Waals surface area contributed by atoms with Gasteiger partial charge < -0.3 is 10.2 Å². The zero-order chi connectivity index (χ0) is 18.7. The van der Waals surface area contributed by atoms with Crippen molar-refractivity contribution in [3.05, 3.63) is 69.8 Å². The molecule has 1 saturated heterocycles. The second-order valence-electron chi connectivity index (χ2n) is 5.95. The lowest BCUT2D eigenvalue weighted by Gasteiger charge is -2.23. The molecule has 1 atom stereocenters. The average Bonchev–Trinajstić information content (AvgIpc) is 2.97. The molecule has 1 aliphatic rings. The normalized spacial score (nSPS) is 16.6. The summed E-state index contributed by atoms with van der Waals surface area (Å²) in [6, 6.07) is 13.5. The van der Waals surface area contributed by atoms with Gasteiger partial charge in [-0.05, 0) is 24.6 Å². The van der Waals surface area contributed by atoms with E-state index in [9.17, 15) is 19.7 Å². The van der Waals surface area contributed by atoms with Crippen LogP contribution in [0.15, 0.2) is 48.5 Å². The van der Waals surface area contributed by atoms with Crippen molar-refractivity contribution in [3.8, 4) is 0 Å². The third-order valence-electron chi connectivity index (χ3n) is 3.98. The number of anilines is 1. The van der Waals surface area contributed by atoms with Gasteiger partial charge in [0.2, 0.25) is 11.8 Å². The Balaban J connectivity index is 1.73. The Labute approximate surface area is 154 Å². The highest BCUT2D eigenvalue weighted by molar-refractivity contribution is 8.00. The molecule has 2 aromatic carbocycles. The number of hydrogen-bond acceptors (Lipinski definition) is 5. The fraction of sp³-hybridized carbons (Fsp3) is 0.222. The van der Waals surface area contributed by atoms with E-state index in [1.165, 1.54) is 28.8 Å². The Morgan fingerprint density at radius 2 is 2.04 bits per heavy atom. The summed E-state index contributed by atoms with van der Waals surface area (Å²) in [5, 5.41) is 13.3. The van der Waals surface area contributed by atoms with Crippen LogP contribution in [0.5, 0.6) is 0 Å². The van der Waals surface area contributed by atoms with E-state index in [4.69, 9.17) is 0 Å². The lowest BCUT2D eigenvalue weighted by atomic mass is 10.2. The van der Waals surface area contributed by atoms with Crippen molar-refractivity contribution in [2.45, 2.75) is 12.3 Å². The number of rotatable bonds is 5. The first-order chi connectivity index (χ1) is 12.4. The largest absolute Gasteiger partial charge is 0.325 e. The quantitative estimate of drug-likeness (QED) is 0.644. The van der Waals surface area contributed by atoms with Crippen LogP contribution in [0, 0.1) is 17.0 Å². The van der Waals surface area contributed by atoms with Gasteiger partial charge in [0.1, 0.15) is 11.9 Å². The maximum Gasteiger partial charge on any atom is 0.269 e. The Hall–Kier alpha value is -2.87. The van der Waals surface area contributed by atoms with Crippen molar-refractivity contribution in [2.75, 3.05) is 17.6 Å². The number of nitrogens with zero attached hydrogens (tertiary/aromatic N) is 2. The van der Waals surface area contributed by atoms with Gasteiger partial charge in [0.25, 0.3) is 5.69 Å². The Morgan fingerprint density at radius 1 is 1.31 bits per heavy atom. The summed E-state index contributed by atoms with van der Waals surface area (Å²) in [6.45, 7) is 1.85. The monoisotopic (exact) mass is 371 g/mol. The number of benzene rings is 2. The van der Waals surface area contributed by atoms with Gasteiger partial charge in [-0.3, -0.25) is 19.7 Å². The SMILES string of the molecule is Cc1ccc(NC(=O)CN2C(=O)CSC2c2cccc([N+](=O)[O-])c2)cc1. The topological polar surface area (TPSA) is 92.6 Å². The van der Waals surface area contributed by atoms with E-state index in [0.717, 1.165) is 5.56 Å². The van der Waals surface area contributed by atoms with Crippen molar-refractivity contribution in [1.82, 2.24) is 4.90 Å². The Morgan fingerprint density at radius 3 is 2.73 bits per heavy atom. The van der Waals surface area contributed by atoms with E-state index < -0.39 is 10.3 Å². The number of carbonyl (C=O) groups excluding carboxylic acids is 2. The number of nitro groups is 1. The molecule has 0 saturated carbocycles. The molecule has 2 aromatic rings. The minimum atomic E-state index is -0.473. The molecule has 0 radical (unpaired) electrons. The number of hydrogen-bond donors (Lipinski definition) is 1. The summed E-state index contributed by atoms with van der Waals surface area (Å²) in [6.07, 6.45) is 0. The van der Waals surface area contributed by atoms with Crippen molar-refractivity contribution in [1.29, 1.82) is 0 Å². The lowest BCUT2D eigenvalue weighted by molar-refractivity contribution is -0.384. The molecule has 1 unspecified atom stereocenters. The molecule has 0 bridgehead atoms. The van der Waals surface area contributed by atoms with Gasteiger partial charge >= 0.3 is 0 Å². The van der Waals surface area contributed by atoms with Gasteiger partial charge in [-0.15, -0.1) is 11.8 Å². The highest BCUT2D eigenvalue weighted by atomic mass is 32.2. The van der Waals surface area contributed by atoms with E-state index in [0.29, 0.717) is 11.3 Å². The van der Waals surface area contributed by atoms with Gasteiger partial charge in [-0.1, -0.05) is 29.8 Å². The summed E-state index contributed by atoms with van der Waals surface area (Å²) >= 11 is 1.36. The molecule has 0 aromatic heterocycles. The van der Waals surface area contributed by atoms with Crippen molar-refractivity contribution in [2.24, 2.45) is 0 Å². The Kier molecular flexibility index (Phi) is 5.22. The summed E-state index contributed by atoms with van der Waals surface area (Å²) in [7, 11) is 0. The van der Waals surface area contributed by atoms with Gasteiger partial charge in [-0.2, -0.15) is 0 Å². The maximum atomic E-state index is 12.3. The van der Waals surface area contributed by atoms with Gasteiger partial charge in [0.05, 0.1) is 10.7 Å². The number of nitro benzene ring substituents is 1. The minimum Gasteiger partial charge on any atom is -0.325 e. The number of thioether (sulfide) groups is 1. The number of nitrogens with one attached hydrogen (secondary N) is 1. The maximum absolute atomic E-state index is 12.3. The summed E-state index contributed by atoms with van der Waals surface area (Å²) in [5.74, 6) is -0.226. The second kappa shape index (κ2) is 7.57. The summed E-state index contributed by atoms with van der Waals surface area (Å²) in [4.78, 5) is 36.5. The van der Waals surface area contributed by atoms with Crippen LogP contribution in [-0.2, 0) is 9.59 Å². The third-order valence-corrected chi connectivity index (χ3v) is 5.24. The highest BCUT2D eigenvalue weighted by Crippen LogP contribution is 2.39. The summed E-state index contributed by atoms with van der Waals surface area (Å²) < 4.78 is 0. The van der Waals surface area contributed by atoms with E-state index >= 15 is 0 Å². The molecule has 3 rings (SSSR count). The second-order valence-corrected chi connectivity index (χ2v) is 7.02. The molecule has 1 aliphatic heterocycles. The van der Waals surface area contributed by atoms with Crippen molar-refractivity contribution in [3.63, 3.8) is 0 Å². The molecule has 134 valence electrons. The van der Waals surface area contributed by atoms with E-state index in [2.05, 4.69) is 5.32 Å². The molecule has 0 spiro atoms. The standard InChI is InChI=1S/C18H17N3O4S/c1-12-5-7-14(8-6-12)19-16(22)10-20-17(23)11-26-18(20)13-3-2-4-15(9-13)21(24)25/h2-9,18H,10-11H2,1H3,(H,19,22). The summed E-state index contributed by atoms with van der Waals surface area (Å²) in [5.41, 5.74) is 2.34. The smallest absolute Gasteiger partial charge is 0.269 e. The molecule has 26 heavy (non-hydrogen) atoms. The third kappa shape index (κ3) is 4.02. The first kappa shape index (κ1) is 17.9. The van der Waals surface area contributed by atoms with Gasteiger partial charge in [-0.25, -0.2) is 0 Å². The minimum absolute atomic E-state index is 0.0356. The van der Waals surface area contributed by atoms with Crippen molar-refractivity contribution >= 4 is 35.0 Å². The molecule has 1 fully saturated rings. The number of amides is 2. The zero-order valence-electron chi connectivity index (χ0n) is 14.0. The van der Waals surface area contributed by atoms with Crippen LogP contribution in [0.25, 0.3) is 0 Å². The molecule has 1 heterocycles. The number of non-ortho nitro benzene ring substituents is 1. The Bertz CT molecular complexity index is 854. The molecular weight excluding hydrogens is 354 g/mol. The van der Waals surface area contributed by atoms with Crippen LogP contribution >= 0.6 is 11.8 Å². The zero-order valence-corrected chi connectivity index (χ0v) is 14.9. The first-order valence-corrected chi connectivity index (χ1v) is 9.01. The van der Waals surface area contributed by atoms with Gasteiger partial charge in [0, 0.05) is 17.8 Å². The molecule has 2 amide bonds. The van der Waals surface area contributed by atoms with Gasteiger partial charge in [0.15, 0.2) is 0 Å². The average molecular weight is 371 g/mol. The first-order valence-electron chi connectivity index (χ1n) is 7.96. The fourth-order valence-corrected chi connectivity index (χ4v) is 3.86. The molecule has 0 aliphatic carbocycles. The molecule has 8 heteroatoms. The van der Waals surface area contributed by atoms with Crippen LogP contribution in [0.3, 0.4) is 0 Å². The number of aryl methyl sites for hydroxylation is 1. The highest BCUT2D eigenvalue weighted by Gasteiger charge is 2.34. The van der Waals surface area contributed by atoms with E-state index in [-0.39, 0.29) is 29.8 Å². The predicted octanol–water partition coefficient (Wildman–Crippen LogP) is 3.12. The van der Waals surface area contributed by atoms with E-state index in [1.807, 2.05) is 19.1 Å². The van der Waals surface area contributed by atoms with Crippen LogP contribution < -0.4 is 5.32 Å². The van der Waals surface area contributed by atoms with Crippen molar-refractivity contribution < 1.29 is 14.5 Å². The number of carbonyl (C=O) groups is 2. The van der Waals surface area contributed by atoms with Crippen LogP contribution in [-0.4, -0.2) is 33.9 Å². The lowest BCUT2D eigenvalue weighted by Crippen LogP contribution is -2.36. The van der Waals surface area contributed by atoms with E-state index in [1.54, 1.807) is 24.3 Å². The van der Waals surface area contributed by atoms with Crippen LogP contribution in [0.4, 0.5) is 11.4 Å². The fourth-order valence-electron chi connectivity index (χ4n) is 2.69. The van der Waals surface area contributed by atoms with Crippen LogP contribution in [0.1, 0.15) is 16.5 Å².